The molecule has 2 N–H and O–H groups in total. The van der Waals surface area contributed by atoms with Crippen molar-refractivity contribution in [2.45, 2.75) is 57.0 Å². The van der Waals surface area contributed by atoms with E-state index in [0.29, 0.717) is 0 Å². The van der Waals surface area contributed by atoms with Crippen LogP contribution in [0.5, 0.6) is 0 Å². The third kappa shape index (κ3) is 2.27. The van der Waals surface area contributed by atoms with Crippen LogP contribution in [0.3, 0.4) is 0 Å². The van der Waals surface area contributed by atoms with Gasteiger partial charge in [-0.15, -0.1) is 0 Å². The van der Waals surface area contributed by atoms with Gasteiger partial charge in [0.25, 0.3) is 0 Å². The summed E-state index contributed by atoms with van der Waals surface area (Å²) in [5, 5.41) is 0. The molecule has 0 aromatic carbocycles. The number of rotatable bonds is 4. The molecule has 3 heteroatoms. The lowest BCUT2D eigenvalue weighted by atomic mass is 9.86. The molecular weight excluding hydrogens is 200 g/mol. The largest absolute Gasteiger partial charge is 0.381 e. The van der Waals surface area contributed by atoms with E-state index in [1.54, 1.807) is 0 Å². The Morgan fingerprint density at radius 3 is 2.38 bits per heavy atom. The maximum atomic E-state index is 6.09. The molecule has 16 heavy (non-hydrogen) atoms. The van der Waals surface area contributed by atoms with Gasteiger partial charge in [-0.3, -0.25) is 4.90 Å². The zero-order valence-corrected chi connectivity index (χ0v) is 10.6. The van der Waals surface area contributed by atoms with Crippen LogP contribution in [0.2, 0.25) is 0 Å². The first-order valence-corrected chi connectivity index (χ1v) is 6.87. The molecule has 0 bridgehead atoms. The minimum atomic E-state index is 0.238. The number of likely N-dealkylation sites (N-methyl/N-ethyl adjacent to an activating group) is 1. The Morgan fingerprint density at radius 1 is 1.25 bits per heavy atom. The van der Waals surface area contributed by atoms with E-state index < -0.39 is 0 Å². The quantitative estimate of drug-likeness (QED) is 0.794. The topological polar surface area (TPSA) is 38.5 Å². The highest BCUT2D eigenvalue weighted by Crippen LogP contribution is 2.34. The fourth-order valence-corrected chi connectivity index (χ4v) is 3.56. The number of ether oxygens (including phenoxy) is 1. The van der Waals surface area contributed by atoms with Gasteiger partial charge in [-0.25, -0.2) is 0 Å². The normalized spacial score (nSPS) is 26.4. The molecule has 0 amide bonds. The first kappa shape index (κ1) is 12.3. The zero-order chi connectivity index (χ0) is 11.4. The molecule has 1 saturated heterocycles. The van der Waals surface area contributed by atoms with Crippen LogP contribution in [-0.2, 0) is 4.74 Å². The van der Waals surface area contributed by atoms with Crippen molar-refractivity contribution in [3.05, 3.63) is 0 Å². The molecule has 2 rings (SSSR count). The van der Waals surface area contributed by atoms with Crippen LogP contribution in [0, 0.1) is 0 Å². The molecule has 0 radical (unpaired) electrons. The highest BCUT2D eigenvalue weighted by atomic mass is 16.5. The van der Waals surface area contributed by atoms with Gasteiger partial charge in [0.2, 0.25) is 0 Å². The fraction of sp³-hybridized carbons (Fsp3) is 1.00. The molecule has 0 unspecified atom stereocenters. The SMILES string of the molecule is CCN(C1CCCC1)C1(CN)CCOCC1. The summed E-state index contributed by atoms with van der Waals surface area (Å²) in [7, 11) is 0. The maximum absolute atomic E-state index is 6.09. The van der Waals surface area contributed by atoms with E-state index in [9.17, 15) is 0 Å². The van der Waals surface area contributed by atoms with E-state index in [0.717, 1.165) is 45.2 Å². The number of hydrogen-bond donors (Lipinski definition) is 1. The molecule has 3 nitrogen and oxygen atoms in total. The molecule has 0 spiro atoms. The summed E-state index contributed by atoms with van der Waals surface area (Å²) >= 11 is 0. The molecule has 1 aliphatic heterocycles. The predicted molar refractivity (Wildman–Crippen MR) is 66.5 cm³/mol. The van der Waals surface area contributed by atoms with Crippen LogP contribution >= 0.6 is 0 Å². The predicted octanol–water partition coefficient (Wildman–Crippen LogP) is 1.76. The van der Waals surface area contributed by atoms with Crippen molar-refractivity contribution in [3.63, 3.8) is 0 Å². The van der Waals surface area contributed by atoms with Gasteiger partial charge >= 0.3 is 0 Å². The number of nitrogens with two attached hydrogens (primary N) is 1. The molecule has 2 aliphatic rings. The van der Waals surface area contributed by atoms with E-state index in [1.165, 1.54) is 25.7 Å². The summed E-state index contributed by atoms with van der Waals surface area (Å²) in [6.45, 7) is 5.99. The van der Waals surface area contributed by atoms with Crippen molar-refractivity contribution >= 4 is 0 Å². The van der Waals surface area contributed by atoms with Gasteiger partial charge in [0.15, 0.2) is 0 Å². The number of nitrogens with zero attached hydrogens (tertiary/aromatic N) is 1. The van der Waals surface area contributed by atoms with Gasteiger partial charge < -0.3 is 10.5 Å². The van der Waals surface area contributed by atoms with Gasteiger partial charge in [-0.05, 0) is 32.2 Å². The van der Waals surface area contributed by atoms with Crippen molar-refractivity contribution in [2.24, 2.45) is 5.73 Å². The van der Waals surface area contributed by atoms with Gasteiger partial charge in [-0.2, -0.15) is 0 Å². The Labute approximate surface area is 99.3 Å². The summed E-state index contributed by atoms with van der Waals surface area (Å²) in [6.07, 6.45) is 7.78. The molecule has 0 atom stereocenters. The summed E-state index contributed by atoms with van der Waals surface area (Å²) in [5.41, 5.74) is 6.32. The van der Waals surface area contributed by atoms with Gasteiger partial charge in [0, 0.05) is 31.3 Å². The minimum absolute atomic E-state index is 0.238. The molecular formula is C13H26N2O. The average molecular weight is 226 g/mol. The van der Waals surface area contributed by atoms with E-state index in [1.807, 2.05) is 0 Å². The molecule has 0 aromatic rings. The second-order valence-electron chi connectivity index (χ2n) is 5.27. The first-order valence-electron chi connectivity index (χ1n) is 6.87. The van der Waals surface area contributed by atoms with E-state index in [-0.39, 0.29) is 5.54 Å². The van der Waals surface area contributed by atoms with Gasteiger partial charge in [0.05, 0.1) is 0 Å². The van der Waals surface area contributed by atoms with Gasteiger partial charge in [-0.1, -0.05) is 19.8 Å². The molecule has 2 fully saturated rings. The first-order chi connectivity index (χ1) is 7.82. The average Bonchev–Trinajstić information content (AvgIpc) is 2.85. The monoisotopic (exact) mass is 226 g/mol. The van der Waals surface area contributed by atoms with Crippen molar-refractivity contribution in [1.29, 1.82) is 0 Å². The lowest BCUT2D eigenvalue weighted by Crippen LogP contribution is -2.59. The van der Waals surface area contributed by atoms with Crippen LogP contribution in [-0.4, -0.2) is 42.8 Å². The van der Waals surface area contributed by atoms with Crippen LogP contribution in [0.4, 0.5) is 0 Å². The summed E-state index contributed by atoms with van der Waals surface area (Å²) in [4.78, 5) is 2.70. The van der Waals surface area contributed by atoms with Crippen molar-refractivity contribution in [2.75, 3.05) is 26.3 Å². The molecule has 0 aromatic heterocycles. The second-order valence-corrected chi connectivity index (χ2v) is 5.27. The lowest BCUT2D eigenvalue weighted by Gasteiger charge is -2.48. The lowest BCUT2D eigenvalue weighted by molar-refractivity contribution is -0.0402. The van der Waals surface area contributed by atoms with Gasteiger partial charge in [0.1, 0.15) is 0 Å². The molecule has 1 saturated carbocycles. The zero-order valence-electron chi connectivity index (χ0n) is 10.6. The Hall–Kier alpha value is -0.120. The Kier molecular flexibility index (Phi) is 4.22. The smallest absolute Gasteiger partial charge is 0.0484 e. The van der Waals surface area contributed by atoms with E-state index in [2.05, 4.69) is 11.8 Å². The fourth-order valence-electron chi connectivity index (χ4n) is 3.56. The Bertz CT molecular complexity index is 208. The molecule has 1 heterocycles. The van der Waals surface area contributed by atoms with Crippen LogP contribution in [0.25, 0.3) is 0 Å². The van der Waals surface area contributed by atoms with Crippen LogP contribution < -0.4 is 5.73 Å². The summed E-state index contributed by atoms with van der Waals surface area (Å²) in [6, 6.07) is 0.784. The highest BCUT2D eigenvalue weighted by Gasteiger charge is 2.40. The maximum Gasteiger partial charge on any atom is 0.0484 e. The van der Waals surface area contributed by atoms with Crippen LogP contribution in [0.1, 0.15) is 45.4 Å². The number of hydrogen-bond acceptors (Lipinski definition) is 3. The van der Waals surface area contributed by atoms with E-state index in [4.69, 9.17) is 10.5 Å². The van der Waals surface area contributed by atoms with E-state index >= 15 is 0 Å². The highest BCUT2D eigenvalue weighted by molar-refractivity contribution is 4.97. The molecule has 1 aliphatic carbocycles. The second kappa shape index (κ2) is 5.48. The van der Waals surface area contributed by atoms with Crippen molar-refractivity contribution in [1.82, 2.24) is 4.90 Å². The van der Waals surface area contributed by atoms with Crippen molar-refractivity contribution in [3.8, 4) is 0 Å². The van der Waals surface area contributed by atoms with Crippen molar-refractivity contribution < 1.29 is 4.74 Å². The standard InChI is InChI=1S/C13H26N2O/c1-2-15(12-5-3-4-6-12)13(11-14)7-9-16-10-8-13/h12H,2-11,14H2,1H3. The third-order valence-corrected chi connectivity index (χ3v) is 4.52. The summed E-state index contributed by atoms with van der Waals surface area (Å²) < 4.78 is 5.50. The summed E-state index contributed by atoms with van der Waals surface area (Å²) in [5.74, 6) is 0. The Balaban J connectivity index is 2.08. The molecule has 94 valence electrons. The third-order valence-electron chi connectivity index (χ3n) is 4.52. The van der Waals surface area contributed by atoms with Crippen LogP contribution in [0.15, 0.2) is 0 Å². The minimum Gasteiger partial charge on any atom is -0.381 e. The Morgan fingerprint density at radius 2 is 1.88 bits per heavy atom.